The number of nitro benzene ring substituents is 1. The molecule has 8 heteroatoms. The number of nitrogens with zero attached hydrogens (tertiary/aromatic N) is 2. The molecule has 2 N–H and O–H groups in total. The summed E-state index contributed by atoms with van der Waals surface area (Å²) in [5.41, 5.74) is 2.75. The van der Waals surface area contributed by atoms with E-state index in [9.17, 15) is 14.9 Å². The minimum Gasteiger partial charge on any atom is -0.383 e. The fourth-order valence-corrected chi connectivity index (χ4v) is 2.48. The average Bonchev–Trinajstić information content (AvgIpc) is 2.99. The topological polar surface area (TPSA) is 97.2 Å². The number of nitrogens with one attached hydrogen (secondary N) is 2. The number of rotatable bonds is 6. The van der Waals surface area contributed by atoms with E-state index in [2.05, 4.69) is 15.6 Å². The molecule has 0 saturated heterocycles. The van der Waals surface area contributed by atoms with Crippen molar-refractivity contribution in [3.8, 4) is 0 Å². The Morgan fingerprint density at radius 3 is 2.90 bits per heavy atom. The zero-order chi connectivity index (χ0) is 15.2. The van der Waals surface area contributed by atoms with E-state index in [-0.39, 0.29) is 11.3 Å². The first-order valence-electron chi connectivity index (χ1n) is 6.24. The fraction of sp³-hybridized carbons (Fsp3) is 0.231. The molecule has 21 heavy (non-hydrogen) atoms. The maximum atomic E-state index is 12.1. The number of hydrogen-bond acceptors (Lipinski definition) is 6. The number of aromatic nitrogens is 1. The van der Waals surface area contributed by atoms with Gasteiger partial charge >= 0.3 is 5.69 Å². The SMILES string of the molecule is CNc1cccc(C(=O)NCCc2cscn2)c1[N+](=O)[O-]. The number of hydrogen-bond donors (Lipinski definition) is 2. The van der Waals surface area contributed by atoms with Crippen molar-refractivity contribution in [1.29, 1.82) is 0 Å². The summed E-state index contributed by atoms with van der Waals surface area (Å²) in [6, 6.07) is 4.61. The van der Waals surface area contributed by atoms with Gasteiger partial charge in [-0.25, -0.2) is 4.98 Å². The molecule has 0 fully saturated rings. The lowest BCUT2D eigenvalue weighted by Gasteiger charge is -2.08. The molecule has 0 atom stereocenters. The van der Waals surface area contributed by atoms with Crippen LogP contribution in [0, 0.1) is 10.1 Å². The summed E-state index contributed by atoms with van der Waals surface area (Å²) < 4.78 is 0. The zero-order valence-electron chi connectivity index (χ0n) is 11.3. The molecule has 0 saturated carbocycles. The molecule has 7 nitrogen and oxygen atoms in total. The van der Waals surface area contributed by atoms with Gasteiger partial charge in [-0.15, -0.1) is 11.3 Å². The molecule has 0 spiro atoms. The third-order valence-corrected chi connectivity index (χ3v) is 3.52. The summed E-state index contributed by atoms with van der Waals surface area (Å²) in [5.74, 6) is -0.464. The van der Waals surface area contributed by atoms with Crippen molar-refractivity contribution in [2.24, 2.45) is 0 Å². The lowest BCUT2D eigenvalue weighted by atomic mass is 10.1. The van der Waals surface area contributed by atoms with Gasteiger partial charge in [0, 0.05) is 25.4 Å². The van der Waals surface area contributed by atoms with E-state index in [1.165, 1.54) is 17.4 Å². The number of carbonyl (C=O) groups excluding carboxylic acids is 1. The van der Waals surface area contributed by atoms with Crippen LogP contribution in [0.5, 0.6) is 0 Å². The summed E-state index contributed by atoms with van der Waals surface area (Å²) >= 11 is 1.48. The van der Waals surface area contributed by atoms with E-state index < -0.39 is 10.8 Å². The molecule has 0 aliphatic heterocycles. The predicted octanol–water partition coefficient (Wildman–Crippen LogP) is 2.07. The first kappa shape index (κ1) is 14.9. The van der Waals surface area contributed by atoms with Crippen LogP contribution in [-0.2, 0) is 6.42 Å². The van der Waals surface area contributed by atoms with Gasteiger partial charge in [-0.3, -0.25) is 14.9 Å². The molecular weight excluding hydrogens is 292 g/mol. The summed E-state index contributed by atoms with van der Waals surface area (Å²) in [5, 5.41) is 18.4. The van der Waals surface area contributed by atoms with Crippen LogP contribution in [0.3, 0.4) is 0 Å². The minimum absolute atomic E-state index is 0.0464. The highest BCUT2D eigenvalue weighted by Crippen LogP contribution is 2.28. The van der Waals surface area contributed by atoms with Crippen LogP contribution in [0.1, 0.15) is 16.1 Å². The van der Waals surface area contributed by atoms with Crippen molar-refractivity contribution < 1.29 is 9.72 Å². The van der Waals surface area contributed by atoms with Gasteiger partial charge in [0.25, 0.3) is 5.91 Å². The maximum Gasteiger partial charge on any atom is 0.305 e. The Labute approximate surface area is 125 Å². The molecular formula is C13H14N4O3S. The van der Waals surface area contributed by atoms with E-state index >= 15 is 0 Å². The van der Waals surface area contributed by atoms with Gasteiger partial charge in [-0.1, -0.05) is 6.07 Å². The molecule has 1 amide bonds. The Balaban J connectivity index is 2.10. The van der Waals surface area contributed by atoms with Crippen LogP contribution in [0.2, 0.25) is 0 Å². The van der Waals surface area contributed by atoms with Crippen LogP contribution in [-0.4, -0.2) is 29.4 Å². The van der Waals surface area contributed by atoms with Crippen molar-refractivity contribution in [2.45, 2.75) is 6.42 Å². The second-order valence-corrected chi connectivity index (χ2v) is 4.91. The number of amides is 1. The van der Waals surface area contributed by atoms with Crippen molar-refractivity contribution in [3.63, 3.8) is 0 Å². The number of thiazole rings is 1. The Kier molecular flexibility index (Phi) is 4.83. The predicted molar refractivity (Wildman–Crippen MR) is 80.8 cm³/mol. The molecule has 0 aliphatic carbocycles. The number of carbonyl (C=O) groups is 1. The van der Waals surface area contributed by atoms with Gasteiger partial charge in [-0.05, 0) is 12.1 Å². The second kappa shape index (κ2) is 6.80. The highest BCUT2D eigenvalue weighted by molar-refractivity contribution is 7.07. The molecule has 0 unspecified atom stereocenters. The molecule has 1 aromatic heterocycles. The van der Waals surface area contributed by atoms with Crippen LogP contribution in [0.25, 0.3) is 0 Å². The fourth-order valence-electron chi connectivity index (χ4n) is 1.89. The van der Waals surface area contributed by atoms with Crippen molar-refractivity contribution in [3.05, 3.63) is 50.5 Å². The summed E-state index contributed by atoms with van der Waals surface area (Å²) in [4.78, 5) is 26.8. The largest absolute Gasteiger partial charge is 0.383 e. The molecule has 110 valence electrons. The van der Waals surface area contributed by atoms with Crippen LogP contribution in [0.15, 0.2) is 29.1 Å². The number of anilines is 1. The Bertz CT molecular complexity index is 643. The normalized spacial score (nSPS) is 10.1. The first-order valence-corrected chi connectivity index (χ1v) is 7.18. The smallest absolute Gasteiger partial charge is 0.305 e. The summed E-state index contributed by atoms with van der Waals surface area (Å²) in [6.07, 6.45) is 0.592. The molecule has 0 aliphatic rings. The molecule has 0 radical (unpaired) electrons. The monoisotopic (exact) mass is 306 g/mol. The Morgan fingerprint density at radius 1 is 1.48 bits per heavy atom. The summed E-state index contributed by atoms with van der Waals surface area (Å²) in [6.45, 7) is 0.378. The summed E-state index contributed by atoms with van der Waals surface area (Å²) in [7, 11) is 1.58. The molecule has 0 bridgehead atoms. The highest BCUT2D eigenvalue weighted by Gasteiger charge is 2.23. The molecule has 1 heterocycles. The van der Waals surface area contributed by atoms with Gasteiger partial charge in [-0.2, -0.15) is 0 Å². The number of benzene rings is 1. The molecule has 2 rings (SSSR count). The van der Waals surface area contributed by atoms with E-state index in [0.29, 0.717) is 18.7 Å². The highest BCUT2D eigenvalue weighted by atomic mass is 32.1. The van der Waals surface area contributed by atoms with Crippen molar-refractivity contribution >= 4 is 28.6 Å². The lowest BCUT2D eigenvalue weighted by Crippen LogP contribution is -2.26. The van der Waals surface area contributed by atoms with Crippen molar-refractivity contribution in [1.82, 2.24) is 10.3 Å². The van der Waals surface area contributed by atoms with E-state index in [4.69, 9.17) is 0 Å². The number of para-hydroxylation sites is 1. The third-order valence-electron chi connectivity index (χ3n) is 2.88. The second-order valence-electron chi connectivity index (χ2n) is 4.19. The standard InChI is InChI=1S/C13H14N4O3S/c1-14-11-4-2-3-10(12(11)17(19)20)13(18)15-6-5-9-7-21-8-16-9/h2-4,7-8,14H,5-6H2,1H3,(H,15,18). The van der Waals surface area contributed by atoms with Crippen molar-refractivity contribution in [2.75, 3.05) is 18.9 Å². The molecule has 2 aromatic rings. The van der Waals surface area contributed by atoms with Gasteiger partial charge in [0.1, 0.15) is 11.3 Å². The van der Waals surface area contributed by atoms with Crippen LogP contribution >= 0.6 is 11.3 Å². The van der Waals surface area contributed by atoms with Gasteiger partial charge in [0.05, 0.1) is 16.1 Å². The lowest BCUT2D eigenvalue weighted by molar-refractivity contribution is -0.384. The average molecular weight is 306 g/mol. The van der Waals surface area contributed by atoms with Gasteiger partial charge in [0.2, 0.25) is 0 Å². The van der Waals surface area contributed by atoms with E-state index in [0.717, 1.165) is 5.69 Å². The Hall–Kier alpha value is -2.48. The Morgan fingerprint density at radius 2 is 2.29 bits per heavy atom. The van der Waals surface area contributed by atoms with E-state index in [1.807, 2.05) is 5.38 Å². The molecule has 1 aromatic carbocycles. The minimum atomic E-state index is -0.554. The quantitative estimate of drug-likeness (QED) is 0.629. The van der Waals surface area contributed by atoms with Gasteiger partial charge < -0.3 is 10.6 Å². The van der Waals surface area contributed by atoms with Gasteiger partial charge in [0.15, 0.2) is 0 Å². The first-order chi connectivity index (χ1) is 10.1. The van der Waals surface area contributed by atoms with E-state index in [1.54, 1.807) is 24.7 Å². The maximum absolute atomic E-state index is 12.1. The third kappa shape index (κ3) is 3.54. The number of nitro groups is 1. The zero-order valence-corrected chi connectivity index (χ0v) is 12.1. The van der Waals surface area contributed by atoms with Crippen LogP contribution in [0.4, 0.5) is 11.4 Å². The van der Waals surface area contributed by atoms with Crippen LogP contribution < -0.4 is 10.6 Å².